The van der Waals surface area contributed by atoms with Gasteiger partial charge >= 0.3 is 0 Å². The van der Waals surface area contributed by atoms with Gasteiger partial charge in [-0.25, -0.2) is 0 Å². The predicted octanol–water partition coefficient (Wildman–Crippen LogP) is 4.77. The number of hydrogen-bond acceptors (Lipinski definition) is 2. The van der Waals surface area contributed by atoms with Crippen LogP contribution in [0.25, 0.3) is 10.9 Å². The highest BCUT2D eigenvalue weighted by Crippen LogP contribution is 2.25. The summed E-state index contributed by atoms with van der Waals surface area (Å²) in [5.41, 5.74) is 2.70. The minimum absolute atomic E-state index is 0.766. The van der Waals surface area contributed by atoms with E-state index in [9.17, 15) is 0 Å². The number of fused-ring (bicyclic) bond motifs is 1. The molecular formula is C17H17BrN2S. The minimum Gasteiger partial charge on any atom is -0.342 e. The molecule has 0 radical (unpaired) electrons. The monoisotopic (exact) mass is 360 g/mol. The molecule has 3 aromatic rings. The van der Waals surface area contributed by atoms with Gasteiger partial charge in [0.05, 0.1) is 10.3 Å². The summed E-state index contributed by atoms with van der Waals surface area (Å²) in [5.74, 6) is 0. The van der Waals surface area contributed by atoms with Crippen molar-refractivity contribution >= 4 is 38.2 Å². The van der Waals surface area contributed by atoms with Crippen LogP contribution >= 0.6 is 27.3 Å². The molecule has 108 valence electrons. The van der Waals surface area contributed by atoms with Gasteiger partial charge in [-0.2, -0.15) is 0 Å². The molecule has 1 aliphatic carbocycles. The van der Waals surface area contributed by atoms with Crippen LogP contribution in [0.3, 0.4) is 0 Å². The third-order valence-electron chi connectivity index (χ3n) is 3.96. The smallest absolute Gasteiger partial charge is 0.0702 e. The maximum absolute atomic E-state index is 3.58. The fourth-order valence-electron chi connectivity index (χ4n) is 2.65. The van der Waals surface area contributed by atoms with Crippen molar-refractivity contribution in [1.29, 1.82) is 0 Å². The highest BCUT2D eigenvalue weighted by Gasteiger charge is 2.19. The topological polar surface area (TPSA) is 17.0 Å². The number of benzene rings is 1. The number of thiophene rings is 1. The number of nitrogens with one attached hydrogen (secondary N) is 1. The van der Waals surface area contributed by atoms with Crippen molar-refractivity contribution in [2.24, 2.45) is 0 Å². The lowest BCUT2D eigenvalue weighted by molar-refractivity contribution is 0.688. The highest BCUT2D eigenvalue weighted by atomic mass is 79.9. The molecule has 2 aromatic heterocycles. The minimum atomic E-state index is 0.766. The van der Waals surface area contributed by atoms with Crippen molar-refractivity contribution < 1.29 is 0 Å². The van der Waals surface area contributed by atoms with E-state index in [0.717, 1.165) is 19.1 Å². The number of hydrogen-bond donors (Lipinski definition) is 1. The summed E-state index contributed by atoms with van der Waals surface area (Å²) < 4.78 is 3.52. The lowest BCUT2D eigenvalue weighted by Gasteiger charge is -2.06. The van der Waals surface area contributed by atoms with Crippen LogP contribution < -0.4 is 5.32 Å². The summed E-state index contributed by atoms with van der Waals surface area (Å²) in [6, 6.07) is 14.1. The lowest BCUT2D eigenvalue weighted by Crippen LogP contribution is -2.15. The molecule has 0 spiro atoms. The Bertz CT molecular complexity index is 770. The normalized spacial score (nSPS) is 14.9. The molecule has 4 rings (SSSR count). The standard InChI is InChI=1S/C17H17BrN2S/c18-17-6-4-15(21-17)11-20-8-7-13-9-12(1-5-16(13)20)10-19-14-2-3-14/h1,4-9,14,19H,2-3,10-11H2. The number of halogens is 1. The molecule has 1 saturated carbocycles. The van der Waals surface area contributed by atoms with Crippen molar-refractivity contribution in [3.8, 4) is 0 Å². The van der Waals surface area contributed by atoms with Crippen molar-refractivity contribution in [3.05, 3.63) is 56.8 Å². The van der Waals surface area contributed by atoms with Crippen LogP contribution in [0, 0.1) is 0 Å². The Balaban J connectivity index is 1.56. The second kappa shape index (κ2) is 5.59. The summed E-state index contributed by atoms with van der Waals surface area (Å²) in [7, 11) is 0. The quantitative estimate of drug-likeness (QED) is 0.693. The largest absolute Gasteiger partial charge is 0.342 e. The van der Waals surface area contributed by atoms with Gasteiger partial charge in [0.1, 0.15) is 0 Å². The fourth-order valence-corrected chi connectivity index (χ4v) is 4.13. The first-order chi connectivity index (χ1) is 10.3. The zero-order valence-corrected chi connectivity index (χ0v) is 14.1. The van der Waals surface area contributed by atoms with E-state index in [1.807, 2.05) is 0 Å². The molecule has 21 heavy (non-hydrogen) atoms. The molecule has 2 nitrogen and oxygen atoms in total. The van der Waals surface area contributed by atoms with Crippen molar-refractivity contribution in [2.75, 3.05) is 0 Å². The van der Waals surface area contributed by atoms with Crippen LogP contribution in [-0.4, -0.2) is 10.6 Å². The van der Waals surface area contributed by atoms with E-state index >= 15 is 0 Å². The van der Waals surface area contributed by atoms with E-state index in [2.05, 4.69) is 68.4 Å². The third kappa shape index (κ3) is 3.07. The maximum atomic E-state index is 3.58. The first-order valence-corrected chi connectivity index (χ1v) is 8.94. The summed E-state index contributed by atoms with van der Waals surface area (Å²) in [6.07, 6.45) is 4.88. The van der Waals surface area contributed by atoms with E-state index in [1.54, 1.807) is 11.3 Å². The molecule has 1 N–H and O–H groups in total. The molecule has 0 unspecified atom stereocenters. The molecule has 0 atom stereocenters. The molecule has 1 aliphatic rings. The fraction of sp³-hybridized carbons (Fsp3) is 0.294. The van der Waals surface area contributed by atoms with E-state index in [-0.39, 0.29) is 0 Å². The highest BCUT2D eigenvalue weighted by molar-refractivity contribution is 9.11. The van der Waals surface area contributed by atoms with E-state index < -0.39 is 0 Å². The number of nitrogens with zero attached hydrogens (tertiary/aromatic N) is 1. The molecular weight excluding hydrogens is 344 g/mol. The van der Waals surface area contributed by atoms with Gasteiger partial charge in [-0.1, -0.05) is 6.07 Å². The van der Waals surface area contributed by atoms with Crippen LogP contribution in [-0.2, 0) is 13.1 Å². The van der Waals surface area contributed by atoms with Crippen molar-refractivity contribution in [2.45, 2.75) is 32.0 Å². The third-order valence-corrected chi connectivity index (χ3v) is 5.57. The summed E-state index contributed by atoms with van der Waals surface area (Å²) in [6.45, 7) is 1.93. The van der Waals surface area contributed by atoms with Gasteiger partial charge < -0.3 is 9.88 Å². The zero-order chi connectivity index (χ0) is 14.2. The Morgan fingerprint density at radius 2 is 2.10 bits per heavy atom. The number of aromatic nitrogens is 1. The van der Waals surface area contributed by atoms with Gasteiger partial charge in [0.15, 0.2) is 0 Å². The molecule has 4 heteroatoms. The van der Waals surface area contributed by atoms with Crippen molar-refractivity contribution in [3.63, 3.8) is 0 Å². The van der Waals surface area contributed by atoms with Gasteiger partial charge in [0, 0.05) is 29.2 Å². The van der Waals surface area contributed by atoms with E-state index in [1.165, 1.54) is 38.0 Å². The molecule has 2 heterocycles. The molecule has 0 aliphatic heterocycles. The van der Waals surface area contributed by atoms with Gasteiger partial charge in [-0.15, -0.1) is 11.3 Å². The zero-order valence-electron chi connectivity index (χ0n) is 11.7. The molecule has 0 bridgehead atoms. The lowest BCUT2D eigenvalue weighted by atomic mass is 10.1. The second-order valence-corrected chi connectivity index (χ2v) is 8.25. The molecule has 0 amide bonds. The molecule has 0 saturated heterocycles. The predicted molar refractivity (Wildman–Crippen MR) is 92.9 cm³/mol. The van der Waals surface area contributed by atoms with Crippen LogP contribution in [0.5, 0.6) is 0 Å². The SMILES string of the molecule is Brc1ccc(Cn2ccc3cc(CNC4CC4)ccc32)s1. The Morgan fingerprint density at radius 3 is 2.86 bits per heavy atom. The van der Waals surface area contributed by atoms with Gasteiger partial charge in [0.2, 0.25) is 0 Å². The Hall–Kier alpha value is -1.10. The van der Waals surface area contributed by atoms with Gasteiger partial charge in [-0.05, 0) is 70.1 Å². The van der Waals surface area contributed by atoms with E-state index in [4.69, 9.17) is 0 Å². The summed E-state index contributed by atoms with van der Waals surface area (Å²) >= 11 is 5.33. The van der Waals surface area contributed by atoms with E-state index in [0.29, 0.717) is 0 Å². The first-order valence-electron chi connectivity index (χ1n) is 7.33. The van der Waals surface area contributed by atoms with Crippen LogP contribution in [0.1, 0.15) is 23.3 Å². The number of rotatable bonds is 5. The Labute approximate surface area is 136 Å². The average Bonchev–Trinajstić information content (AvgIpc) is 3.11. The average molecular weight is 361 g/mol. The van der Waals surface area contributed by atoms with Crippen LogP contribution in [0.2, 0.25) is 0 Å². The molecule has 1 aromatic carbocycles. The second-order valence-electron chi connectivity index (χ2n) is 5.70. The molecule has 1 fully saturated rings. The van der Waals surface area contributed by atoms with Crippen LogP contribution in [0.15, 0.2) is 46.4 Å². The van der Waals surface area contributed by atoms with Crippen LogP contribution in [0.4, 0.5) is 0 Å². The Morgan fingerprint density at radius 1 is 1.19 bits per heavy atom. The summed E-state index contributed by atoms with van der Waals surface area (Å²) in [5, 5.41) is 4.91. The van der Waals surface area contributed by atoms with Gasteiger partial charge in [-0.3, -0.25) is 0 Å². The van der Waals surface area contributed by atoms with Gasteiger partial charge in [0.25, 0.3) is 0 Å². The van der Waals surface area contributed by atoms with Crippen molar-refractivity contribution in [1.82, 2.24) is 9.88 Å². The summed E-state index contributed by atoms with van der Waals surface area (Å²) in [4.78, 5) is 1.37. The Kier molecular flexibility index (Phi) is 3.61. The maximum Gasteiger partial charge on any atom is 0.0702 e. The first kappa shape index (κ1) is 13.6.